The van der Waals surface area contributed by atoms with Crippen LogP contribution in [0.5, 0.6) is 5.75 Å². The Bertz CT molecular complexity index is 1240. The molecular weight excluding hydrogens is 456 g/mol. The first-order valence-electron chi connectivity index (χ1n) is 9.47. The smallest absolute Gasteiger partial charge is 0.300 e. The largest absolute Gasteiger partial charge is 0.507 e. The van der Waals surface area contributed by atoms with Crippen LogP contribution >= 0.6 is 23.2 Å². The normalized spacial score (nSPS) is 17.6. The molecule has 0 aromatic heterocycles. The quantitative estimate of drug-likeness (QED) is 0.298. The van der Waals surface area contributed by atoms with Crippen LogP contribution in [0.2, 0.25) is 10.0 Å². The van der Waals surface area contributed by atoms with Crippen LogP contribution in [0.15, 0.2) is 72.3 Å². The maximum atomic E-state index is 13.6. The van der Waals surface area contributed by atoms with Crippen molar-refractivity contribution in [3.63, 3.8) is 0 Å². The number of carbonyl (C=O) groups excluding carboxylic acids is 2. The first-order valence-corrected chi connectivity index (χ1v) is 10.2. The van der Waals surface area contributed by atoms with Gasteiger partial charge in [0.2, 0.25) is 0 Å². The summed E-state index contributed by atoms with van der Waals surface area (Å²) in [6, 6.07) is 15.2. The summed E-state index contributed by atoms with van der Waals surface area (Å²) in [5.41, 5.74) is 0.954. The molecule has 1 aliphatic heterocycles. The predicted molar refractivity (Wildman–Crippen MR) is 121 cm³/mol. The number of nitrogens with zero attached hydrogens (tertiary/aromatic N) is 1. The van der Waals surface area contributed by atoms with Crippen LogP contribution in [0.1, 0.15) is 17.2 Å². The number of anilines is 1. The average molecular weight is 472 g/mol. The number of rotatable bonds is 4. The molecule has 0 radical (unpaired) electrons. The number of methoxy groups -OCH3 is 1. The number of aliphatic hydroxyl groups excluding tert-OH is 1. The van der Waals surface area contributed by atoms with Crippen molar-refractivity contribution in [3.8, 4) is 5.75 Å². The van der Waals surface area contributed by atoms with Gasteiger partial charge >= 0.3 is 0 Å². The topological polar surface area (TPSA) is 66.8 Å². The van der Waals surface area contributed by atoms with E-state index in [1.165, 1.54) is 54.5 Å². The van der Waals surface area contributed by atoms with Gasteiger partial charge in [-0.25, -0.2) is 4.39 Å². The standard InChI is InChI=1S/C24H16Cl2FNO4/c1-32-19-12-14(4-11-18(19)26)22(29)20-21(13-2-7-16(27)8-3-13)28(24(31)23(20)30)17-9-5-15(25)6-10-17/h2-12,21,29H,1H3/b22-20-. The minimum atomic E-state index is -0.988. The highest BCUT2D eigenvalue weighted by atomic mass is 35.5. The van der Waals surface area contributed by atoms with E-state index in [9.17, 15) is 19.1 Å². The van der Waals surface area contributed by atoms with Crippen LogP contribution in [-0.2, 0) is 9.59 Å². The molecule has 1 unspecified atom stereocenters. The molecule has 32 heavy (non-hydrogen) atoms. The lowest BCUT2D eigenvalue weighted by Gasteiger charge is -2.25. The summed E-state index contributed by atoms with van der Waals surface area (Å²) in [5, 5.41) is 11.9. The van der Waals surface area contributed by atoms with Crippen molar-refractivity contribution in [2.45, 2.75) is 6.04 Å². The number of hydrogen-bond acceptors (Lipinski definition) is 4. The maximum absolute atomic E-state index is 13.6. The van der Waals surface area contributed by atoms with E-state index in [2.05, 4.69) is 0 Å². The number of aliphatic hydroxyl groups is 1. The molecule has 5 nitrogen and oxygen atoms in total. The zero-order valence-electron chi connectivity index (χ0n) is 16.7. The van der Waals surface area contributed by atoms with E-state index < -0.39 is 29.3 Å². The van der Waals surface area contributed by atoms with E-state index in [1.54, 1.807) is 24.3 Å². The number of halogens is 3. The Morgan fingerprint density at radius 2 is 1.66 bits per heavy atom. The summed E-state index contributed by atoms with van der Waals surface area (Å²) in [4.78, 5) is 27.4. The third kappa shape index (κ3) is 3.83. The molecule has 1 atom stereocenters. The van der Waals surface area contributed by atoms with Gasteiger partial charge in [-0.2, -0.15) is 0 Å². The molecule has 3 aromatic rings. The number of Topliss-reactive ketones (excluding diaryl/α,β-unsaturated/α-hetero) is 1. The summed E-state index contributed by atoms with van der Waals surface area (Å²) < 4.78 is 18.8. The Morgan fingerprint density at radius 3 is 2.28 bits per heavy atom. The summed E-state index contributed by atoms with van der Waals surface area (Å²) in [5.74, 6) is -2.28. The Hall–Kier alpha value is -3.35. The van der Waals surface area contributed by atoms with Crippen LogP contribution in [-0.4, -0.2) is 23.9 Å². The molecule has 1 saturated heterocycles. The Labute approximate surface area is 193 Å². The lowest BCUT2D eigenvalue weighted by atomic mass is 9.95. The highest BCUT2D eigenvalue weighted by molar-refractivity contribution is 6.51. The van der Waals surface area contributed by atoms with Gasteiger partial charge in [0.05, 0.1) is 23.7 Å². The van der Waals surface area contributed by atoms with Gasteiger partial charge in [-0.15, -0.1) is 0 Å². The molecule has 3 aromatic carbocycles. The van der Waals surface area contributed by atoms with Crippen molar-refractivity contribution in [3.05, 3.63) is 99.3 Å². The molecular formula is C24H16Cl2FNO4. The van der Waals surface area contributed by atoms with Crippen molar-refractivity contribution in [1.29, 1.82) is 0 Å². The van der Waals surface area contributed by atoms with Gasteiger partial charge in [0.25, 0.3) is 11.7 Å². The second-order valence-corrected chi connectivity index (χ2v) is 7.89. The lowest BCUT2D eigenvalue weighted by Crippen LogP contribution is -2.29. The molecule has 8 heteroatoms. The van der Waals surface area contributed by atoms with E-state index in [0.717, 1.165) is 0 Å². The molecule has 162 valence electrons. The zero-order chi connectivity index (χ0) is 23.0. The predicted octanol–water partition coefficient (Wildman–Crippen LogP) is 5.77. The number of carbonyl (C=O) groups is 2. The van der Waals surface area contributed by atoms with Crippen LogP contribution in [0.4, 0.5) is 10.1 Å². The van der Waals surface area contributed by atoms with Crippen molar-refractivity contribution in [2.24, 2.45) is 0 Å². The summed E-state index contributed by atoms with van der Waals surface area (Å²) in [6.45, 7) is 0. The highest BCUT2D eigenvalue weighted by Crippen LogP contribution is 2.43. The summed E-state index contributed by atoms with van der Waals surface area (Å²) in [7, 11) is 1.42. The van der Waals surface area contributed by atoms with E-state index in [-0.39, 0.29) is 11.1 Å². The molecule has 1 N–H and O–H groups in total. The van der Waals surface area contributed by atoms with Crippen LogP contribution in [0.3, 0.4) is 0 Å². The summed E-state index contributed by atoms with van der Waals surface area (Å²) >= 11 is 12.0. The SMILES string of the molecule is COc1cc(/C(O)=C2/C(=O)C(=O)N(c3ccc(Cl)cc3)C2c2ccc(F)cc2)ccc1Cl. The molecule has 1 aliphatic rings. The number of benzene rings is 3. The second kappa shape index (κ2) is 8.65. The molecule has 0 spiro atoms. The van der Waals surface area contributed by atoms with E-state index in [1.807, 2.05) is 0 Å². The molecule has 0 saturated carbocycles. The molecule has 1 amide bonds. The van der Waals surface area contributed by atoms with Crippen molar-refractivity contribution in [2.75, 3.05) is 12.0 Å². The first-order chi connectivity index (χ1) is 15.3. The van der Waals surface area contributed by atoms with Crippen molar-refractivity contribution >= 4 is 46.3 Å². The van der Waals surface area contributed by atoms with Crippen LogP contribution < -0.4 is 9.64 Å². The van der Waals surface area contributed by atoms with Gasteiger partial charge in [-0.1, -0.05) is 35.3 Å². The Morgan fingerprint density at radius 1 is 1.00 bits per heavy atom. The lowest BCUT2D eigenvalue weighted by molar-refractivity contribution is -0.132. The molecule has 1 fully saturated rings. The van der Waals surface area contributed by atoms with Gasteiger partial charge in [0.1, 0.15) is 17.3 Å². The van der Waals surface area contributed by atoms with Gasteiger partial charge < -0.3 is 9.84 Å². The molecule has 4 rings (SSSR count). The molecule has 0 aliphatic carbocycles. The van der Waals surface area contributed by atoms with Crippen LogP contribution in [0.25, 0.3) is 5.76 Å². The molecule has 1 heterocycles. The number of hydrogen-bond donors (Lipinski definition) is 1. The fraction of sp³-hybridized carbons (Fsp3) is 0.0833. The Kier molecular flexibility index (Phi) is 5.91. The van der Waals surface area contributed by atoms with Crippen molar-refractivity contribution < 1.29 is 23.8 Å². The Balaban J connectivity index is 1.94. The van der Waals surface area contributed by atoms with E-state index >= 15 is 0 Å². The van der Waals surface area contributed by atoms with Gasteiger partial charge in [-0.3, -0.25) is 14.5 Å². The van der Waals surface area contributed by atoms with Crippen LogP contribution in [0, 0.1) is 5.82 Å². The highest BCUT2D eigenvalue weighted by Gasteiger charge is 2.47. The summed E-state index contributed by atoms with van der Waals surface area (Å²) in [6.07, 6.45) is 0. The minimum absolute atomic E-state index is 0.138. The first kappa shape index (κ1) is 21.9. The third-order valence-corrected chi connectivity index (χ3v) is 5.72. The van der Waals surface area contributed by atoms with Gasteiger partial charge in [0, 0.05) is 16.3 Å². The van der Waals surface area contributed by atoms with E-state index in [0.29, 0.717) is 27.0 Å². The number of ether oxygens (including phenoxy) is 1. The zero-order valence-corrected chi connectivity index (χ0v) is 18.2. The third-order valence-electron chi connectivity index (χ3n) is 5.16. The fourth-order valence-electron chi connectivity index (χ4n) is 3.62. The number of ketones is 1. The van der Waals surface area contributed by atoms with Gasteiger partial charge in [0.15, 0.2) is 0 Å². The van der Waals surface area contributed by atoms with E-state index in [4.69, 9.17) is 27.9 Å². The molecule has 0 bridgehead atoms. The second-order valence-electron chi connectivity index (χ2n) is 7.05. The van der Waals surface area contributed by atoms with Gasteiger partial charge in [-0.05, 0) is 60.2 Å². The maximum Gasteiger partial charge on any atom is 0.300 e. The minimum Gasteiger partial charge on any atom is -0.507 e. The average Bonchev–Trinajstić information content (AvgIpc) is 3.05. The monoisotopic (exact) mass is 471 g/mol. The number of amides is 1. The fourth-order valence-corrected chi connectivity index (χ4v) is 3.94. The van der Waals surface area contributed by atoms with Crippen molar-refractivity contribution in [1.82, 2.24) is 0 Å².